The lowest BCUT2D eigenvalue weighted by molar-refractivity contribution is -0.137. The number of ether oxygens (including phenoxy) is 2. The normalized spacial score (nSPS) is 17.7. The maximum Gasteiger partial charge on any atom is 0.416 e. The van der Waals surface area contributed by atoms with Crippen molar-refractivity contribution in [3.05, 3.63) is 71.0 Å². The van der Waals surface area contributed by atoms with Gasteiger partial charge in [0.1, 0.15) is 6.34 Å². The van der Waals surface area contributed by atoms with E-state index in [-0.39, 0.29) is 11.3 Å². The smallest absolute Gasteiger partial charge is 0.379 e. The number of amides is 1. The van der Waals surface area contributed by atoms with Crippen LogP contribution >= 0.6 is 17.9 Å². The molecule has 0 aliphatic carbocycles. The standard InChI is InChI=1S/C25H26ClF3N5O3PS/c26-20-4-1-18(2-5-20)23(35)31-21-17-19(25(27,28)29)3-6-22(21)34-8-7-30-24(34)38(39,32-9-13-36-14-10-32)33-11-15-37-16-12-33/h1-8,17H,9-16H2,(H,31,35). The van der Waals surface area contributed by atoms with Crippen molar-refractivity contribution in [2.45, 2.75) is 6.18 Å². The molecular weight excluding hydrogens is 574 g/mol. The van der Waals surface area contributed by atoms with Crippen molar-refractivity contribution in [3.8, 4) is 5.69 Å². The van der Waals surface area contributed by atoms with Gasteiger partial charge >= 0.3 is 6.18 Å². The second kappa shape index (κ2) is 11.7. The van der Waals surface area contributed by atoms with E-state index in [1.165, 1.54) is 30.3 Å². The summed E-state index contributed by atoms with van der Waals surface area (Å²) in [4.78, 5) is 17.7. The number of carbonyl (C=O) groups excluding carboxylic acids is 1. The molecule has 3 aromatic rings. The summed E-state index contributed by atoms with van der Waals surface area (Å²) < 4.78 is 58.4. The maximum absolute atomic E-state index is 13.7. The molecule has 0 saturated carbocycles. The Kier molecular flexibility index (Phi) is 8.44. The molecule has 0 spiro atoms. The molecule has 1 N–H and O–H groups in total. The van der Waals surface area contributed by atoms with Gasteiger partial charge in [-0.15, -0.1) is 0 Å². The predicted octanol–water partition coefficient (Wildman–Crippen LogP) is 4.40. The number of rotatable bonds is 6. The molecule has 2 saturated heterocycles. The van der Waals surface area contributed by atoms with Crippen LogP contribution in [0.1, 0.15) is 15.9 Å². The average Bonchev–Trinajstić information content (AvgIpc) is 3.44. The third-order valence-corrected chi connectivity index (χ3v) is 11.9. The lowest BCUT2D eigenvalue weighted by atomic mass is 10.1. The molecule has 0 radical (unpaired) electrons. The fraction of sp³-hybridized carbons (Fsp3) is 0.360. The van der Waals surface area contributed by atoms with Gasteiger partial charge in [-0.1, -0.05) is 23.4 Å². The van der Waals surface area contributed by atoms with E-state index in [4.69, 9.17) is 32.9 Å². The van der Waals surface area contributed by atoms with Gasteiger partial charge in [0.2, 0.25) is 0 Å². The number of carbonyl (C=O) groups is 1. The van der Waals surface area contributed by atoms with Gasteiger partial charge in [0, 0.05) is 49.2 Å². The Balaban J connectivity index is 1.60. The number of hydrogen-bond acceptors (Lipinski definition) is 5. The highest BCUT2D eigenvalue weighted by Crippen LogP contribution is 2.53. The van der Waals surface area contributed by atoms with Gasteiger partial charge in [-0.25, -0.2) is 4.98 Å². The van der Waals surface area contributed by atoms with Gasteiger partial charge in [0.15, 0.2) is 5.57 Å². The molecule has 2 aliphatic heterocycles. The van der Waals surface area contributed by atoms with E-state index in [9.17, 15) is 18.0 Å². The van der Waals surface area contributed by atoms with E-state index in [1.807, 2.05) is 0 Å². The molecule has 2 aromatic carbocycles. The summed E-state index contributed by atoms with van der Waals surface area (Å²) in [5.74, 6) is -0.574. The van der Waals surface area contributed by atoms with E-state index in [0.29, 0.717) is 68.9 Å². The fourth-order valence-electron chi connectivity index (χ4n) is 4.60. The minimum absolute atomic E-state index is 0.0190. The Morgan fingerprint density at radius 1 is 0.974 bits per heavy atom. The van der Waals surface area contributed by atoms with Crippen molar-refractivity contribution in [1.82, 2.24) is 18.9 Å². The van der Waals surface area contributed by atoms with E-state index in [2.05, 4.69) is 19.6 Å². The van der Waals surface area contributed by atoms with Crippen LogP contribution in [-0.2, 0) is 27.5 Å². The van der Waals surface area contributed by atoms with E-state index in [1.54, 1.807) is 17.0 Å². The molecule has 0 bridgehead atoms. The highest BCUT2D eigenvalue weighted by Gasteiger charge is 2.40. The van der Waals surface area contributed by atoms with E-state index in [0.717, 1.165) is 12.1 Å². The maximum atomic E-state index is 13.7. The van der Waals surface area contributed by atoms with Crippen LogP contribution < -0.4 is 10.9 Å². The highest BCUT2D eigenvalue weighted by molar-refractivity contribution is 8.15. The number of hydrogen-bond donors (Lipinski definition) is 1. The number of aromatic nitrogens is 2. The van der Waals surface area contributed by atoms with Crippen LogP contribution in [0.15, 0.2) is 54.9 Å². The first-order chi connectivity index (χ1) is 18.7. The van der Waals surface area contributed by atoms with Gasteiger partial charge < -0.3 is 14.8 Å². The van der Waals surface area contributed by atoms with Crippen LogP contribution in [0.2, 0.25) is 5.02 Å². The lowest BCUT2D eigenvalue weighted by Gasteiger charge is -2.44. The minimum Gasteiger partial charge on any atom is -0.379 e. The first-order valence-electron chi connectivity index (χ1n) is 12.3. The highest BCUT2D eigenvalue weighted by atomic mass is 35.5. The van der Waals surface area contributed by atoms with Crippen LogP contribution in [-0.4, -0.2) is 77.4 Å². The first-order valence-corrected chi connectivity index (χ1v) is 15.4. The quantitative estimate of drug-likeness (QED) is 0.421. The van der Waals surface area contributed by atoms with Gasteiger partial charge in [-0.3, -0.25) is 18.7 Å². The molecular formula is C25H26ClF3N5O3PS. The summed E-state index contributed by atoms with van der Waals surface area (Å²) in [5, 5.41) is 3.10. The zero-order chi connectivity index (χ0) is 27.6. The zero-order valence-corrected chi connectivity index (χ0v) is 23.2. The third kappa shape index (κ3) is 5.92. The van der Waals surface area contributed by atoms with E-state index < -0.39 is 24.0 Å². The minimum atomic E-state index is -4.60. The molecule has 2 fully saturated rings. The number of morpholine rings is 2. The molecule has 1 amide bonds. The molecule has 39 heavy (non-hydrogen) atoms. The number of alkyl halides is 3. The second-order valence-corrected chi connectivity index (χ2v) is 13.5. The van der Waals surface area contributed by atoms with Crippen molar-refractivity contribution in [2.24, 2.45) is 0 Å². The van der Waals surface area contributed by atoms with Gasteiger partial charge in [-0.05, 0) is 42.5 Å². The average molecular weight is 600 g/mol. The van der Waals surface area contributed by atoms with Crippen LogP contribution in [0.4, 0.5) is 18.9 Å². The summed E-state index contributed by atoms with van der Waals surface area (Å²) >= 11 is 12.4. The van der Waals surface area contributed by atoms with Crippen molar-refractivity contribution >= 4 is 46.9 Å². The summed E-state index contributed by atoms with van der Waals surface area (Å²) in [6.45, 7) is 4.50. The van der Waals surface area contributed by atoms with Crippen molar-refractivity contribution in [3.63, 3.8) is 0 Å². The molecule has 14 heteroatoms. The monoisotopic (exact) mass is 599 g/mol. The molecule has 208 valence electrons. The molecule has 1 aromatic heterocycles. The molecule has 5 rings (SSSR count). The fourth-order valence-corrected chi connectivity index (χ4v) is 9.06. The first kappa shape index (κ1) is 28.2. The van der Waals surface area contributed by atoms with Crippen molar-refractivity contribution in [1.29, 1.82) is 0 Å². The number of nitrogens with zero attached hydrogens (tertiary/aromatic N) is 4. The van der Waals surface area contributed by atoms with Crippen LogP contribution in [0.25, 0.3) is 5.69 Å². The largest absolute Gasteiger partial charge is 0.416 e. The number of halogens is 4. The topological polar surface area (TPSA) is 71.9 Å². The summed E-state index contributed by atoms with van der Waals surface area (Å²) in [6, 6.07) is 9.35. The molecule has 8 nitrogen and oxygen atoms in total. The van der Waals surface area contributed by atoms with Crippen LogP contribution in [0.3, 0.4) is 0 Å². The Morgan fingerprint density at radius 2 is 1.56 bits per heavy atom. The summed E-state index contributed by atoms with van der Waals surface area (Å²) in [5.41, 5.74) is 0.214. The Bertz CT molecular complexity index is 1350. The van der Waals surface area contributed by atoms with Crippen molar-refractivity contribution < 1.29 is 27.4 Å². The Hall–Kier alpha value is -2.31. The third-order valence-electron chi connectivity index (χ3n) is 6.56. The van der Waals surface area contributed by atoms with Gasteiger partial charge in [-0.2, -0.15) is 13.2 Å². The van der Waals surface area contributed by atoms with Crippen molar-refractivity contribution in [2.75, 3.05) is 57.9 Å². The molecule has 0 atom stereocenters. The van der Waals surface area contributed by atoms with E-state index >= 15 is 0 Å². The van der Waals surface area contributed by atoms with Gasteiger partial charge in [0.25, 0.3) is 5.91 Å². The molecule has 0 unspecified atom stereocenters. The molecule has 3 heterocycles. The zero-order valence-electron chi connectivity index (χ0n) is 20.7. The lowest BCUT2D eigenvalue weighted by Crippen LogP contribution is -2.47. The number of nitrogens with one attached hydrogen (secondary N) is 1. The summed E-state index contributed by atoms with van der Waals surface area (Å²) in [6.07, 6.45) is -4.05. The Morgan fingerprint density at radius 3 is 2.13 bits per heavy atom. The second-order valence-electron chi connectivity index (χ2n) is 8.96. The predicted molar refractivity (Wildman–Crippen MR) is 147 cm³/mol. The molecule has 2 aliphatic rings. The summed E-state index contributed by atoms with van der Waals surface area (Å²) in [7, 11) is 0. The SMILES string of the molecule is O=C(Nc1cc(C(F)(F)F)ccc1-n1ccnc1P(=S)(N1CCOCC1)N1CCOCC1)c1ccc(Cl)cc1. The van der Waals surface area contributed by atoms with Gasteiger partial charge in [0.05, 0.1) is 43.4 Å². The number of imidazole rings is 1. The Labute approximate surface area is 233 Å². The number of anilines is 1. The number of benzene rings is 2. The van der Waals surface area contributed by atoms with Crippen LogP contribution in [0.5, 0.6) is 0 Å². The van der Waals surface area contributed by atoms with Crippen LogP contribution in [0, 0.1) is 0 Å².